The van der Waals surface area contributed by atoms with Crippen LogP contribution in [0.4, 0.5) is 0 Å². The molecule has 20 heavy (non-hydrogen) atoms. The Kier molecular flexibility index (Phi) is 7.59. The topological polar surface area (TPSA) is 61.4 Å². The van der Waals surface area contributed by atoms with Gasteiger partial charge in [-0.2, -0.15) is 0 Å². The Hall–Kier alpha value is -1.10. The highest BCUT2D eigenvalue weighted by atomic mass is 35.5. The van der Waals surface area contributed by atoms with E-state index in [1.807, 2.05) is 30.3 Å². The third kappa shape index (κ3) is 5.49. The molecule has 0 radical (unpaired) electrons. The van der Waals surface area contributed by atoms with Gasteiger partial charge in [-0.25, -0.2) is 0 Å². The van der Waals surface area contributed by atoms with Gasteiger partial charge >= 0.3 is 0 Å². The van der Waals surface area contributed by atoms with Crippen molar-refractivity contribution in [1.29, 1.82) is 0 Å². The largest absolute Gasteiger partial charge is 0.391 e. The van der Waals surface area contributed by atoms with Gasteiger partial charge < -0.3 is 15.7 Å². The number of halogens is 1. The Morgan fingerprint density at radius 1 is 1.35 bits per heavy atom. The van der Waals surface area contributed by atoms with Crippen LogP contribution in [0.5, 0.6) is 0 Å². The van der Waals surface area contributed by atoms with E-state index in [0.717, 1.165) is 31.4 Å². The predicted octanol–water partition coefficient (Wildman–Crippen LogP) is 1.27. The summed E-state index contributed by atoms with van der Waals surface area (Å²) in [5, 5.41) is 15.9. The van der Waals surface area contributed by atoms with Gasteiger partial charge in [-0.15, -0.1) is 12.4 Å². The molecule has 1 aliphatic heterocycles. The molecule has 2 rings (SSSR count). The minimum atomic E-state index is -0.532. The van der Waals surface area contributed by atoms with E-state index in [-0.39, 0.29) is 24.4 Å². The lowest BCUT2D eigenvalue weighted by molar-refractivity contribution is -0.124. The highest BCUT2D eigenvalue weighted by molar-refractivity contribution is 5.85. The van der Waals surface area contributed by atoms with Gasteiger partial charge in [0.25, 0.3) is 0 Å². The zero-order valence-corrected chi connectivity index (χ0v) is 12.4. The van der Waals surface area contributed by atoms with Crippen molar-refractivity contribution in [1.82, 2.24) is 10.6 Å². The fourth-order valence-electron chi connectivity index (χ4n) is 2.38. The van der Waals surface area contributed by atoms with E-state index in [9.17, 15) is 9.90 Å². The van der Waals surface area contributed by atoms with Gasteiger partial charge in [0.15, 0.2) is 0 Å². The molecule has 1 aromatic rings. The fraction of sp³-hybridized carbons (Fsp3) is 0.533. The zero-order valence-electron chi connectivity index (χ0n) is 11.5. The first-order valence-corrected chi connectivity index (χ1v) is 6.99. The van der Waals surface area contributed by atoms with E-state index in [4.69, 9.17) is 0 Å². The summed E-state index contributed by atoms with van der Waals surface area (Å²) in [6.07, 6.45) is 3.16. The standard InChI is InChI=1S/C15H22N2O2.ClH/c18-13(10-12-6-2-1-3-7-12)11-17-15(19)14-8-4-5-9-16-14;/h1-3,6-7,13-14,16,18H,4-5,8-11H2,(H,17,19);1H. The number of aliphatic hydroxyl groups is 1. The number of hydrogen-bond acceptors (Lipinski definition) is 3. The van der Waals surface area contributed by atoms with Gasteiger partial charge in [0.1, 0.15) is 0 Å². The average Bonchev–Trinajstić information content (AvgIpc) is 2.47. The maximum atomic E-state index is 11.9. The number of benzene rings is 1. The van der Waals surface area contributed by atoms with Crippen molar-refractivity contribution in [3.63, 3.8) is 0 Å². The summed E-state index contributed by atoms with van der Waals surface area (Å²) >= 11 is 0. The molecule has 3 N–H and O–H groups in total. The molecule has 0 aliphatic carbocycles. The summed E-state index contributed by atoms with van der Waals surface area (Å²) in [6.45, 7) is 1.22. The van der Waals surface area contributed by atoms with E-state index in [2.05, 4.69) is 10.6 Å². The Morgan fingerprint density at radius 3 is 2.75 bits per heavy atom. The molecule has 0 saturated carbocycles. The van der Waals surface area contributed by atoms with Crippen molar-refractivity contribution in [2.24, 2.45) is 0 Å². The van der Waals surface area contributed by atoms with Crippen molar-refractivity contribution in [2.75, 3.05) is 13.1 Å². The van der Waals surface area contributed by atoms with Gasteiger partial charge in [-0.1, -0.05) is 36.8 Å². The minimum Gasteiger partial charge on any atom is -0.391 e. The summed E-state index contributed by atoms with van der Waals surface area (Å²) in [5.74, 6) is 0.00631. The first-order valence-electron chi connectivity index (χ1n) is 6.99. The summed E-state index contributed by atoms with van der Waals surface area (Å²) in [6, 6.07) is 9.73. The maximum absolute atomic E-state index is 11.9. The van der Waals surface area contributed by atoms with Crippen molar-refractivity contribution < 1.29 is 9.90 Å². The van der Waals surface area contributed by atoms with Gasteiger partial charge in [0.05, 0.1) is 12.1 Å². The molecule has 1 amide bonds. The smallest absolute Gasteiger partial charge is 0.237 e. The molecule has 1 aromatic carbocycles. The SMILES string of the molecule is Cl.O=C(NCC(O)Cc1ccccc1)C1CCCCN1. The second-order valence-electron chi connectivity index (χ2n) is 5.09. The number of carbonyl (C=O) groups is 1. The van der Waals surface area contributed by atoms with Gasteiger partial charge in [0.2, 0.25) is 5.91 Å². The average molecular weight is 299 g/mol. The van der Waals surface area contributed by atoms with Crippen molar-refractivity contribution >= 4 is 18.3 Å². The molecule has 5 heteroatoms. The second-order valence-corrected chi connectivity index (χ2v) is 5.09. The van der Waals surface area contributed by atoms with Crippen LogP contribution >= 0.6 is 12.4 Å². The van der Waals surface area contributed by atoms with Crippen molar-refractivity contribution in [3.8, 4) is 0 Å². The Morgan fingerprint density at radius 2 is 2.10 bits per heavy atom. The highest BCUT2D eigenvalue weighted by Crippen LogP contribution is 2.07. The molecule has 0 bridgehead atoms. The van der Waals surface area contributed by atoms with Crippen LogP contribution in [0, 0.1) is 0 Å². The fourth-order valence-corrected chi connectivity index (χ4v) is 2.38. The van der Waals surface area contributed by atoms with Gasteiger partial charge in [-0.05, 0) is 24.9 Å². The third-order valence-electron chi connectivity index (χ3n) is 3.45. The van der Waals surface area contributed by atoms with Gasteiger partial charge in [-0.3, -0.25) is 4.79 Å². The third-order valence-corrected chi connectivity index (χ3v) is 3.45. The minimum absolute atomic E-state index is 0. The number of carbonyl (C=O) groups excluding carboxylic acids is 1. The Labute approximate surface area is 126 Å². The molecule has 1 fully saturated rings. The first-order chi connectivity index (χ1) is 9.25. The van der Waals surface area contributed by atoms with Gasteiger partial charge in [0, 0.05) is 13.0 Å². The Bertz CT molecular complexity index is 394. The van der Waals surface area contributed by atoms with Crippen molar-refractivity contribution in [3.05, 3.63) is 35.9 Å². The maximum Gasteiger partial charge on any atom is 0.237 e. The molecule has 2 unspecified atom stereocenters. The lowest BCUT2D eigenvalue weighted by Gasteiger charge is -2.23. The molecular formula is C15H23ClN2O2. The lowest BCUT2D eigenvalue weighted by Crippen LogP contribution is -2.48. The molecular weight excluding hydrogens is 276 g/mol. The van der Waals surface area contributed by atoms with E-state index in [1.165, 1.54) is 0 Å². The quantitative estimate of drug-likeness (QED) is 0.767. The first kappa shape index (κ1) is 17.0. The molecule has 0 aromatic heterocycles. The van der Waals surface area contributed by atoms with Crippen LogP contribution in [0.3, 0.4) is 0 Å². The van der Waals surface area contributed by atoms with Crippen molar-refractivity contribution in [2.45, 2.75) is 37.8 Å². The number of piperidine rings is 1. The summed E-state index contributed by atoms with van der Waals surface area (Å²) in [7, 11) is 0. The molecule has 4 nitrogen and oxygen atoms in total. The molecule has 112 valence electrons. The van der Waals surface area contributed by atoms with Crippen LogP contribution in [0.1, 0.15) is 24.8 Å². The highest BCUT2D eigenvalue weighted by Gasteiger charge is 2.20. The number of nitrogens with one attached hydrogen (secondary N) is 2. The molecule has 2 atom stereocenters. The monoisotopic (exact) mass is 298 g/mol. The number of hydrogen-bond donors (Lipinski definition) is 3. The van der Waals surface area contributed by atoms with Crippen LogP contribution in [0.15, 0.2) is 30.3 Å². The van der Waals surface area contributed by atoms with Crippen LogP contribution < -0.4 is 10.6 Å². The number of rotatable bonds is 5. The molecule has 1 aliphatic rings. The van der Waals surface area contributed by atoms with E-state index >= 15 is 0 Å². The van der Waals surface area contributed by atoms with Crippen LogP contribution in [0.25, 0.3) is 0 Å². The summed E-state index contributed by atoms with van der Waals surface area (Å²) in [5.41, 5.74) is 1.08. The predicted molar refractivity (Wildman–Crippen MR) is 82.1 cm³/mol. The number of amides is 1. The Balaban J connectivity index is 0.00000200. The van der Waals surface area contributed by atoms with E-state index in [0.29, 0.717) is 13.0 Å². The second kappa shape index (κ2) is 8.95. The van der Waals surface area contributed by atoms with Crippen LogP contribution in [-0.4, -0.2) is 36.2 Å². The summed E-state index contributed by atoms with van der Waals surface area (Å²) < 4.78 is 0. The molecule has 1 saturated heterocycles. The molecule has 1 heterocycles. The summed E-state index contributed by atoms with van der Waals surface area (Å²) in [4.78, 5) is 11.9. The normalized spacial score (nSPS) is 19.8. The van der Waals surface area contributed by atoms with Crippen LogP contribution in [0.2, 0.25) is 0 Å². The van der Waals surface area contributed by atoms with E-state index < -0.39 is 6.10 Å². The lowest BCUT2D eigenvalue weighted by atomic mass is 10.0. The van der Waals surface area contributed by atoms with Crippen LogP contribution in [-0.2, 0) is 11.2 Å². The van der Waals surface area contributed by atoms with E-state index in [1.54, 1.807) is 0 Å². The number of aliphatic hydroxyl groups excluding tert-OH is 1. The zero-order chi connectivity index (χ0) is 13.5. The molecule has 0 spiro atoms.